The van der Waals surface area contributed by atoms with Gasteiger partial charge in [-0.25, -0.2) is 4.39 Å². The maximum atomic E-state index is 13.7. The molecule has 0 unspecified atom stereocenters. The average Bonchev–Trinajstić information content (AvgIpc) is 2.75. The van der Waals surface area contributed by atoms with E-state index in [0.29, 0.717) is 0 Å². The molecular weight excluding hydrogens is 265 g/mol. The molecule has 1 aromatic carbocycles. The molecule has 0 spiro atoms. The van der Waals surface area contributed by atoms with Crippen molar-refractivity contribution in [2.75, 3.05) is 6.54 Å². The van der Waals surface area contributed by atoms with Crippen LogP contribution in [0.4, 0.5) is 4.39 Å². The molecule has 0 amide bonds. The summed E-state index contributed by atoms with van der Waals surface area (Å²) < 4.78 is 15.7. The van der Waals surface area contributed by atoms with Crippen molar-refractivity contribution in [1.29, 1.82) is 0 Å². The van der Waals surface area contributed by atoms with Gasteiger partial charge in [-0.1, -0.05) is 13.0 Å². The molecule has 2 rings (SSSR count). The fourth-order valence-corrected chi connectivity index (χ4v) is 2.73. The predicted octanol–water partition coefficient (Wildman–Crippen LogP) is 3.83. The Morgan fingerprint density at radius 3 is 2.62 bits per heavy atom. The van der Waals surface area contributed by atoms with Crippen LogP contribution in [0.3, 0.4) is 0 Å². The van der Waals surface area contributed by atoms with Gasteiger partial charge in [0.15, 0.2) is 0 Å². The van der Waals surface area contributed by atoms with Crippen LogP contribution in [-0.2, 0) is 13.1 Å². The van der Waals surface area contributed by atoms with Crippen LogP contribution in [0.5, 0.6) is 0 Å². The second-order valence-electron chi connectivity index (χ2n) is 5.34. The summed E-state index contributed by atoms with van der Waals surface area (Å²) in [6, 6.07) is 5.02. The fourth-order valence-electron chi connectivity index (χ4n) is 2.73. The number of hydrogen-bond acceptors (Lipinski definition) is 2. The van der Waals surface area contributed by atoms with Crippen LogP contribution in [0.1, 0.15) is 37.2 Å². The maximum absolute atomic E-state index is 13.7. The monoisotopic (exact) mass is 289 g/mol. The van der Waals surface area contributed by atoms with Gasteiger partial charge in [-0.15, -0.1) is 0 Å². The highest BCUT2D eigenvalue weighted by atomic mass is 19.1. The Morgan fingerprint density at radius 1 is 1.24 bits per heavy atom. The minimum absolute atomic E-state index is 0.202. The number of hydrogen-bond donors (Lipinski definition) is 1. The minimum Gasteiger partial charge on any atom is -0.313 e. The smallest absolute Gasteiger partial charge is 0.123 e. The number of rotatable bonds is 6. The summed E-state index contributed by atoms with van der Waals surface area (Å²) >= 11 is 0. The number of halogens is 1. The molecule has 0 atom stereocenters. The number of benzene rings is 1. The summed E-state index contributed by atoms with van der Waals surface area (Å²) in [5, 5.41) is 7.94. The number of aryl methyl sites for hydroxylation is 2. The van der Waals surface area contributed by atoms with E-state index in [4.69, 9.17) is 0 Å². The third-order valence-corrected chi connectivity index (χ3v) is 3.76. The lowest BCUT2D eigenvalue weighted by Crippen LogP contribution is -2.14. The van der Waals surface area contributed by atoms with E-state index in [2.05, 4.69) is 24.3 Å². The van der Waals surface area contributed by atoms with E-state index in [1.807, 2.05) is 24.6 Å². The first-order valence-electron chi connectivity index (χ1n) is 7.62. The number of nitrogens with one attached hydrogen (secondary N) is 1. The molecule has 1 N–H and O–H groups in total. The van der Waals surface area contributed by atoms with Crippen molar-refractivity contribution >= 4 is 0 Å². The normalized spacial score (nSPS) is 11.1. The zero-order chi connectivity index (χ0) is 15.4. The van der Waals surface area contributed by atoms with Gasteiger partial charge in [0.2, 0.25) is 0 Å². The van der Waals surface area contributed by atoms with Crippen LogP contribution in [0.15, 0.2) is 18.2 Å². The Hall–Kier alpha value is -1.68. The topological polar surface area (TPSA) is 29.9 Å². The maximum Gasteiger partial charge on any atom is 0.123 e. The minimum atomic E-state index is -0.202. The lowest BCUT2D eigenvalue weighted by atomic mass is 9.97. The Kier molecular flexibility index (Phi) is 5.12. The summed E-state index contributed by atoms with van der Waals surface area (Å²) in [4.78, 5) is 0. The molecule has 0 aliphatic carbocycles. The highest BCUT2D eigenvalue weighted by Gasteiger charge is 2.16. The second-order valence-corrected chi connectivity index (χ2v) is 5.34. The van der Waals surface area contributed by atoms with Gasteiger partial charge in [-0.05, 0) is 57.0 Å². The van der Waals surface area contributed by atoms with Gasteiger partial charge in [-0.3, -0.25) is 4.68 Å². The molecule has 3 nitrogen and oxygen atoms in total. The van der Waals surface area contributed by atoms with Crippen LogP contribution in [0.2, 0.25) is 0 Å². The summed E-state index contributed by atoms with van der Waals surface area (Å²) in [5.41, 5.74) is 5.18. The van der Waals surface area contributed by atoms with Crippen molar-refractivity contribution in [2.45, 2.75) is 47.2 Å². The van der Waals surface area contributed by atoms with Crippen LogP contribution in [0.25, 0.3) is 11.1 Å². The molecule has 0 fully saturated rings. The zero-order valence-electron chi connectivity index (χ0n) is 13.3. The Labute approximate surface area is 126 Å². The van der Waals surface area contributed by atoms with E-state index in [1.165, 1.54) is 6.07 Å². The van der Waals surface area contributed by atoms with E-state index in [-0.39, 0.29) is 5.82 Å². The molecule has 0 radical (unpaired) electrons. The third-order valence-electron chi connectivity index (χ3n) is 3.76. The molecule has 0 saturated carbocycles. The van der Waals surface area contributed by atoms with Crippen molar-refractivity contribution in [3.63, 3.8) is 0 Å². The summed E-state index contributed by atoms with van der Waals surface area (Å²) in [6.07, 6.45) is 1.09. The van der Waals surface area contributed by atoms with Gasteiger partial charge in [0.05, 0.1) is 5.69 Å². The molecule has 21 heavy (non-hydrogen) atoms. The second kappa shape index (κ2) is 6.85. The van der Waals surface area contributed by atoms with Crippen LogP contribution in [0, 0.1) is 19.7 Å². The van der Waals surface area contributed by atoms with Crippen molar-refractivity contribution in [2.24, 2.45) is 0 Å². The third kappa shape index (κ3) is 3.32. The molecule has 0 bridgehead atoms. The summed E-state index contributed by atoms with van der Waals surface area (Å²) in [7, 11) is 0. The Balaban J connectivity index is 2.47. The van der Waals surface area contributed by atoms with Crippen LogP contribution in [-0.4, -0.2) is 16.3 Å². The van der Waals surface area contributed by atoms with E-state index in [0.717, 1.165) is 54.1 Å². The van der Waals surface area contributed by atoms with Crippen LogP contribution < -0.4 is 5.32 Å². The van der Waals surface area contributed by atoms with Crippen molar-refractivity contribution < 1.29 is 4.39 Å². The van der Waals surface area contributed by atoms with Crippen LogP contribution >= 0.6 is 0 Å². The first-order valence-corrected chi connectivity index (χ1v) is 7.62. The lowest BCUT2D eigenvalue weighted by Gasteiger charge is -2.12. The molecule has 1 heterocycles. The molecular formula is C17H24FN3. The highest BCUT2D eigenvalue weighted by molar-refractivity contribution is 5.72. The molecule has 0 aliphatic heterocycles. The molecule has 4 heteroatoms. The zero-order valence-corrected chi connectivity index (χ0v) is 13.3. The standard InChI is InChI=1S/C17H24FN3/c1-5-9-19-11-14-7-8-15(18)10-16(14)17-12(3)20-21(6-2)13(17)4/h7-8,10,19H,5-6,9,11H2,1-4H3. The largest absolute Gasteiger partial charge is 0.313 e. The molecule has 114 valence electrons. The molecule has 0 saturated heterocycles. The molecule has 0 aliphatic rings. The number of aromatic nitrogens is 2. The summed E-state index contributed by atoms with van der Waals surface area (Å²) in [5.74, 6) is -0.202. The van der Waals surface area contributed by atoms with Gasteiger partial charge >= 0.3 is 0 Å². The van der Waals surface area contributed by atoms with E-state index in [1.54, 1.807) is 6.07 Å². The number of nitrogens with zero attached hydrogens (tertiary/aromatic N) is 2. The first kappa shape index (κ1) is 15.7. The Bertz CT molecular complexity index is 617. The highest BCUT2D eigenvalue weighted by Crippen LogP contribution is 2.30. The predicted molar refractivity (Wildman–Crippen MR) is 84.8 cm³/mol. The van der Waals surface area contributed by atoms with Crippen molar-refractivity contribution in [3.8, 4) is 11.1 Å². The van der Waals surface area contributed by atoms with Gasteiger partial charge in [0.1, 0.15) is 5.82 Å². The lowest BCUT2D eigenvalue weighted by molar-refractivity contribution is 0.625. The van der Waals surface area contributed by atoms with Gasteiger partial charge < -0.3 is 5.32 Å². The molecule has 1 aromatic heterocycles. The fraction of sp³-hybridized carbons (Fsp3) is 0.471. The van der Waals surface area contributed by atoms with Gasteiger partial charge in [-0.2, -0.15) is 5.10 Å². The first-order chi connectivity index (χ1) is 10.1. The van der Waals surface area contributed by atoms with Crippen molar-refractivity contribution in [1.82, 2.24) is 15.1 Å². The summed E-state index contributed by atoms with van der Waals surface area (Å²) in [6.45, 7) is 10.8. The quantitative estimate of drug-likeness (QED) is 0.819. The van der Waals surface area contributed by atoms with E-state index in [9.17, 15) is 4.39 Å². The molecule has 2 aromatic rings. The van der Waals surface area contributed by atoms with E-state index < -0.39 is 0 Å². The average molecular weight is 289 g/mol. The van der Waals surface area contributed by atoms with E-state index >= 15 is 0 Å². The van der Waals surface area contributed by atoms with Gasteiger partial charge in [0.25, 0.3) is 0 Å². The SMILES string of the molecule is CCCNCc1ccc(F)cc1-c1c(C)nn(CC)c1C. The Morgan fingerprint density at radius 2 is 2.00 bits per heavy atom. The van der Waals surface area contributed by atoms with Crippen molar-refractivity contribution in [3.05, 3.63) is 41.0 Å². The van der Waals surface area contributed by atoms with Gasteiger partial charge in [0, 0.05) is 24.3 Å².